The highest BCUT2D eigenvalue weighted by Crippen LogP contribution is 2.17. The average Bonchev–Trinajstić information content (AvgIpc) is 2.02. The van der Waals surface area contributed by atoms with Crippen molar-refractivity contribution in [3.8, 4) is 0 Å². The largest absolute Gasteiger partial charge is 0.349 e. The Morgan fingerprint density at radius 2 is 1.77 bits per heavy atom. The first-order valence-corrected chi connectivity index (χ1v) is 5.52. The third-order valence-corrected chi connectivity index (χ3v) is 2.26. The summed E-state index contributed by atoms with van der Waals surface area (Å²) in [6, 6.07) is 0.136. The van der Waals surface area contributed by atoms with Gasteiger partial charge in [0.25, 0.3) is 0 Å². The number of hydrogen-bond acceptors (Lipinski definition) is 5. The van der Waals surface area contributed by atoms with Crippen molar-refractivity contribution in [3.63, 3.8) is 0 Å². The van der Waals surface area contributed by atoms with Crippen LogP contribution in [0, 0.1) is 0 Å². The Labute approximate surface area is 78.6 Å². The van der Waals surface area contributed by atoms with E-state index in [4.69, 9.17) is 0 Å². The van der Waals surface area contributed by atoms with Crippen LogP contribution in [0.5, 0.6) is 0 Å². The third-order valence-electron chi connectivity index (χ3n) is 1.94. The van der Waals surface area contributed by atoms with E-state index in [9.17, 15) is 8.42 Å². The van der Waals surface area contributed by atoms with Gasteiger partial charge in [-0.1, -0.05) is 19.3 Å². The molecule has 6 N–H and O–H groups in total. The van der Waals surface area contributed by atoms with Gasteiger partial charge in [-0.15, -0.1) is 0 Å². The third kappa shape index (κ3) is 5.94. The second kappa shape index (κ2) is 5.51. The number of rotatable bonds is 3. The zero-order chi connectivity index (χ0) is 9.03. The SMILES string of the molecule is N.NS(=O)(=O)ONC1CCCCC1. The number of nitrogens with two attached hydrogens (primary N) is 1. The van der Waals surface area contributed by atoms with Gasteiger partial charge in [-0.3, -0.25) is 0 Å². The average molecular weight is 211 g/mol. The molecule has 0 saturated heterocycles. The summed E-state index contributed by atoms with van der Waals surface area (Å²) < 4.78 is 25.0. The van der Waals surface area contributed by atoms with Crippen molar-refractivity contribution >= 4 is 10.3 Å². The highest BCUT2D eigenvalue weighted by Gasteiger charge is 2.14. The second-order valence-corrected chi connectivity index (χ2v) is 4.18. The minimum atomic E-state index is -3.83. The molecule has 13 heavy (non-hydrogen) atoms. The molecule has 0 radical (unpaired) electrons. The highest BCUT2D eigenvalue weighted by atomic mass is 32.2. The summed E-state index contributed by atoms with van der Waals surface area (Å²) in [5.41, 5.74) is 2.45. The quantitative estimate of drug-likeness (QED) is 0.577. The molecule has 1 saturated carbocycles. The maximum absolute atomic E-state index is 10.4. The molecular formula is C6H17N3O3S. The molecule has 0 aliphatic heterocycles. The summed E-state index contributed by atoms with van der Waals surface area (Å²) in [6.07, 6.45) is 5.36. The van der Waals surface area contributed by atoms with Crippen molar-refractivity contribution in [1.82, 2.24) is 11.6 Å². The molecule has 0 aromatic heterocycles. The lowest BCUT2D eigenvalue weighted by atomic mass is 9.96. The lowest BCUT2D eigenvalue weighted by molar-refractivity contribution is 0.140. The summed E-state index contributed by atoms with van der Waals surface area (Å²) in [4.78, 5) is 0. The van der Waals surface area contributed by atoms with Crippen LogP contribution in [0.3, 0.4) is 0 Å². The molecule has 0 aromatic rings. The summed E-state index contributed by atoms with van der Waals surface area (Å²) in [7, 11) is -3.83. The molecule has 6 nitrogen and oxygen atoms in total. The monoisotopic (exact) mass is 211 g/mol. The van der Waals surface area contributed by atoms with E-state index < -0.39 is 10.3 Å². The van der Waals surface area contributed by atoms with Crippen molar-refractivity contribution in [3.05, 3.63) is 0 Å². The van der Waals surface area contributed by atoms with Crippen molar-refractivity contribution in [2.24, 2.45) is 5.14 Å². The maximum atomic E-state index is 10.4. The standard InChI is InChI=1S/C6H14N2O3S.H3N/c7-12(9,10)11-8-6-4-2-1-3-5-6;/h6,8H,1-5H2,(H2,7,9,10);1H3. The summed E-state index contributed by atoms with van der Waals surface area (Å²) in [5, 5.41) is 4.64. The second-order valence-electron chi connectivity index (χ2n) is 3.03. The van der Waals surface area contributed by atoms with Gasteiger partial charge in [0.15, 0.2) is 0 Å². The Kier molecular flexibility index (Phi) is 5.42. The van der Waals surface area contributed by atoms with Gasteiger partial charge in [0.05, 0.1) is 0 Å². The molecule has 1 aliphatic rings. The molecule has 0 heterocycles. The van der Waals surface area contributed by atoms with E-state index in [0.29, 0.717) is 0 Å². The number of hydroxylamine groups is 1. The Morgan fingerprint density at radius 3 is 2.23 bits per heavy atom. The molecule has 80 valence electrons. The fourth-order valence-corrected chi connectivity index (χ4v) is 1.63. The van der Waals surface area contributed by atoms with E-state index in [1.165, 1.54) is 6.42 Å². The van der Waals surface area contributed by atoms with Gasteiger partial charge >= 0.3 is 10.3 Å². The Balaban J connectivity index is 0.00000144. The van der Waals surface area contributed by atoms with Crippen LogP contribution in [0.2, 0.25) is 0 Å². The van der Waals surface area contributed by atoms with E-state index in [1.54, 1.807) is 0 Å². The Morgan fingerprint density at radius 1 is 1.23 bits per heavy atom. The van der Waals surface area contributed by atoms with E-state index in [-0.39, 0.29) is 12.2 Å². The molecule has 0 atom stereocenters. The molecule has 0 unspecified atom stereocenters. The van der Waals surface area contributed by atoms with Gasteiger partial charge in [-0.25, -0.2) is 5.14 Å². The smallest absolute Gasteiger partial charge is 0.344 e. The predicted octanol–water partition coefficient (Wildman–Crippen LogP) is 0.206. The molecule has 0 amide bonds. The first-order chi connectivity index (χ1) is 5.58. The lowest BCUT2D eigenvalue weighted by Gasteiger charge is -2.20. The Hall–Kier alpha value is -0.210. The van der Waals surface area contributed by atoms with Gasteiger partial charge in [-0.2, -0.15) is 18.2 Å². The lowest BCUT2D eigenvalue weighted by Crippen LogP contribution is -2.35. The van der Waals surface area contributed by atoms with E-state index in [2.05, 4.69) is 14.9 Å². The highest BCUT2D eigenvalue weighted by molar-refractivity contribution is 7.84. The van der Waals surface area contributed by atoms with Crippen LogP contribution in [0.4, 0.5) is 0 Å². The summed E-state index contributed by atoms with van der Waals surface area (Å²) in [6.45, 7) is 0. The van der Waals surface area contributed by atoms with E-state index >= 15 is 0 Å². The zero-order valence-electron chi connectivity index (χ0n) is 7.53. The van der Waals surface area contributed by atoms with Crippen LogP contribution in [0.15, 0.2) is 0 Å². The van der Waals surface area contributed by atoms with Crippen LogP contribution in [0.1, 0.15) is 32.1 Å². The molecule has 1 aliphatic carbocycles. The van der Waals surface area contributed by atoms with Crippen LogP contribution in [-0.4, -0.2) is 14.5 Å². The van der Waals surface area contributed by atoms with Crippen LogP contribution in [-0.2, 0) is 14.6 Å². The molecular weight excluding hydrogens is 194 g/mol. The molecule has 7 heteroatoms. The van der Waals surface area contributed by atoms with Gasteiger partial charge in [0.2, 0.25) is 0 Å². The fourth-order valence-electron chi connectivity index (χ4n) is 1.36. The minimum absolute atomic E-state index is 0. The van der Waals surface area contributed by atoms with Crippen molar-refractivity contribution in [1.29, 1.82) is 0 Å². The molecule has 1 rings (SSSR count). The van der Waals surface area contributed by atoms with Crippen molar-refractivity contribution in [2.75, 3.05) is 0 Å². The topological polar surface area (TPSA) is 116 Å². The molecule has 0 spiro atoms. The van der Waals surface area contributed by atoms with E-state index in [0.717, 1.165) is 25.7 Å². The maximum Gasteiger partial charge on any atom is 0.349 e. The van der Waals surface area contributed by atoms with Gasteiger partial charge < -0.3 is 6.15 Å². The van der Waals surface area contributed by atoms with Crippen LogP contribution < -0.4 is 16.8 Å². The normalized spacial score (nSPS) is 19.5. The first kappa shape index (κ1) is 12.8. The summed E-state index contributed by atoms with van der Waals surface area (Å²) >= 11 is 0. The molecule has 0 bridgehead atoms. The van der Waals surface area contributed by atoms with Crippen molar-refractivity contribution in [2.45, 2.75) is 38.1 Å². The van der Waals surface area contributed by atoms with E-state index in [1.807, 2.05) is 0 Å². The van der Waals surface area contributed by atoms with Crippen LogP contribution >= 0.6 is 0 Å². The molecule has 1 fully saturated rings. The zero-order valence-corrected chi connectivity index (χ0v) is 8.35. The Bertz CT molecular complexity index is 223. The van der Waals surface area contributed by atoms with Gasteiger partial charge in [-0.05, 0) is 12.8 Å². The summed E-state index contributed by atoms with van der Waals surface area (Å²) in [5.74, 6) is 0. The van der Waals surface area contributed by atoms with Crippen molar-refractivity contribution < 1.29 is 12.7 Å². The van der Waals surface area contributed by atoms with Gasteiger partial charge in [0.1, 0.15) is 0 Å². The minimum Gasteiger partial charge on any atom is -0.344 e. The fraction of sp³-hybridized carbons (Fsp3) is 1.00. The predicted molar refractivity (Wildman–Crippen MR) is 49.2 cm³/mol. The first-order valence-electron chi connectivity index (χ1n) is 4.04. The van der Waals surface area contributed by atoms with Crippen LogP contribution in [0.25, 0.3) is 0 Å². The van der Waals surface area contributed by atoms with Gasteiger partial charge in [0, 0.05) is 6.04 Å². The molecule has 0 aromatic carbocycles. The number of nitrogens with one attached hydrogen (secondary N) is 1. The number of hydrogen-bond donors (Lipinski definition) is 3.